The van der Waals surface area contributed by atoms with Crippen molar-refractivity contribution < 1.29 is 17.9 Å². The molecule has 0 fully saturated rings. The third-order valence-corrected chi connectivity index (χ3v) is 5.99. The van der Waals surface area contributed by atoms with Crippen LogP contribution >= 0.6 is 0 Å². The molecule has 0 amide bonds. The number of ether oxygens (including phenoxy) is 2. The Morgan fingerprint density at radius 2 is 1.61 bits per heavy atom. The van der Waals surface area contributed by atoms with Crippen LogP contribution in [0.4, 0.5) is 5.69 Å². The maximum absolute atomic E-state index is 12.9. The third kappa shape index (κ3) is 5.15. The number of hydrogen-bond acceptors (Lipinski definition) is 6. The van der Waals surface area contributed by atoms with Gasteiger partial charge in [0.15, 0.2) is 0 Å². The van der Waals surface area contributed by atoms with Crippen molar-refractivity contribution >= 4 is 15.7 Å². The minimum Gasteiger partial charge on any atom is -0.497 e. The van der Waals surface area contributed by atoms with Crippen LogP contribution in [0.15, 0.2) is 47.4 Å². The molecule has 2 aromatic rings. The topological polar surface area (TPSA) is 71.1 Å². The smallest absolute Gasteiger partial charge is 0.244 e. The van der Waals surface area contributed by atoms with Gasteiger partial charge in [0, 0.05) is 38.4 Å². The van der Waals surface area contributed by atoms with Crippen LogP contribution in [-0.2, 0) is 10.0 Å². The molecule has 0 aliphatic rings. The number of rotatable bonds is 9. The first-order chi connectivity index (χ1) is 13.2. The first-order valence-corrected chi connectivity index (χ1v) is 10.3. The molecule has 0 saturated carbocycles. The van der Waals surface area contributed by atoms with Crippen LogP contribution in [0.2, 0.25) is 0 Å². The van der Waals surface area contributed by atoms with E-state index in [9.17, 15) is 8.42 Å². The molecule has 0 radical (unpaired) electrons. The van der Waals surface area contributed by atoms with Gasteiger partial charge in [0.05, 0.1) is 14.2 Å². The summed E-state index contributed by atoms with van der Waals surface area (Å²) in [6.45, 7) is 0.219. The number of nitrogens with zero attached hydrogens (tertiary/aromatic N) is 2. The van der Waals surface area contributed by atoms with Crippen LogP contribution in [0.3, 0.4) is 0 Å². The van der Waals surface area contributed by atoms with Gasteiger partial charge in [-0.1, -0.05) is 12.1 Å². The van der Waals surface area contributed by atoms with E-state index in [0.29, 0.717) is 5.75 Å². The van der Waals surface area contributed by atoms with Gasteiger partial charge >= 0.3 is 0 Å². The molecule has 1 atom stereocenters. The molecule has 0 heterocycles. The molecule has 0 aliphatic carbocycles. The highest BCUT2D eigenvalue weighted by molar-refractivity contribution is 7.89. The minimum absolute atomic E-state index is 0.0508. The number of anilines is 1. The second-order valence-corrected chi connectivity index (χ2v) is 8.57. The summed E-state index contributed by atoms with van der Waals surface area (Å²) in [5, 5.41) is 0. The summed E-state index contributed by atoms with van der Waals surface area (Å²) in [7, 11) is 6.95. The van der Waals surface area contributed by atoms with Gasteiger partial charge in [-0.2, -0.15) is 0 Å². The lowest BCUT2D eigenvalue weighted by Gasteiger charge is -2.26. The van der Waals surface area contributed by atoms with Crippen molar-refractivity contribution in [2.75, 3.05) is 53.9 Å². The molecule has 0 aliphatic heterocycles. The lowest BCUT2D eigenvalue weighted by atomic mass is 10.1. The molecule has 0 unspecified atom stereocenters. The average molecular weight is 408 g/mol. The van der Waals surface area contributed by atoms with Gasteiger partial charge < -0.3 is 19.3 Å². The van der Waals surface area contributed by atoms with Crippen LogP contribution in [0.5, 0.6) is 11.5 Å². The van der Waals surface area contributed by atoms with Crippen molar-refractivity contribution in [3.8, 4) is 11.5 Å². The van der Waals surface area contributed by atoms with E-state index in [1.54, 1.807) is 12.1 Å². The van der Waals surface area contributed by atoms with Gasteiger partial charge in [-0.05, 0) is 43.9 Å². The summed E-state index contributed by atoms with van der Waals surface area (Å²) in [4.78, 5) is 4.05. The maximum Gasteiger partial charge on any atom is 0.244 e. The molecule has 8 heteroatoms. The van der Waals surface area contributed by atoms with Gasteiger partial charge in [-0.25, -0.2) is 13.1 Å². The Balaban J connectivity index is 2.25. The SMILES string of the molecule is COc1ccc(OC)c(S(=O)(=O)NC[C@H](c2ccc(N(C)C)cc2)N(C)C)c1. The fourth-order valence-corrected chi connectivity index (χ4v) is 4.07. The van der Waals surface area contributed by atoms with Gasteiger partial charge in [0.2, 0.25) is 10.0 Å². The highest BCUT2D eigenvalue weighted by atomic mass is 32.2. The van der Waals surface area contributed by atoms with Gasteiger partial charge in [-0.3, -0.25) is 0 Å². The number of nitrogens with one attached hydrogen (secondary N) is 1. The molecular weight excluding hydrogens is 378 g/mol. The summed E-state index contributed by atoms with van der Waals surface area (Å²) in [6, 6.07) is 12.6. The van der Waals surface area contributed by atoms with Crippen LogP contribution in [0.25, 0.3) is 0 Å². The van der Waals surface area contributed by atoms with Crippen LogP contribution in [0.1, 0.15) is 11.6 Å². The zero-order valence-electron chi connectivity index (χ0n) is 17.3. The summed E-state index contributed by atoms with van der Waals surface area (Å²) >= 11 is 0. The molecule has 2 rings (SSSR count). The Morgan fingerprint density at radius 3 is 2.11 bits per heavy atom. The quantitative estimate of drug-likeness (QED) is 0.688. The van der Waals surface area contributed by atoms with Gasteiger partial charge in [-0.15, -0.1) is 0 Å². The Hall–Kier alpha value is -2.29. The molecule has 0 spiro atoms. The van der Waals surface area contributed by atoms with E-state index in [1.165, 1.54) is 20.3 Å². The lowest BCUT2D eigenvalue weighted by molar-refractivity contribution is 0.299. The van der Waals surface area contributed by atoms with E-state index < -0.39 is 10.0 Å². The fourth-order valence-electron chi connectivity index (χ4n) is 2.85. The molecule has 0 saturated heterocycles. The molecule has 28 heavy (non-hydrogen) atoms. The zero-order valence-corrected chi connectivity index (χ0v) is 18.1. The van der Waals surface area contributed by atoms with Gasteiger partial charge in [0.1, 0.15) is 16.4 Å². The number of benzene rings is 2. The normalized spacial score (nSPS) is 12.7. The summed E-state index contributed by atoms with van der Waals surface area (Å²) in [5.41, 5.74) is 2.11. The van der Waals surface area contributed by atoms with Gasteiger partial charge in [0.25, 0.3) is 0 Å². The van der Waals surface area contributed by atoms with Crippen molar-refractivity contribution in [3.05, 3.63) is 48.0 Å². The zero-order chi connectivity index (χ0) is 20.9. The Kier molecular flexibility index (Phi) is 7.29. The molecule has 0 aromatic heterocycles. The number of likely N-dealkylation sites (N-methyl/N-ethyl adjacent to an activating group) is 1. The van der Waals surface area contributed by atoms with E-state index in [0.717, 1.165) is 11.3 Å². The predicted molar refractivity (Wildman–Crippen MR) is 112 cm³/mol. The van der Waals surface area contributed by atoms with Crippen molar-refractivity contribution in [2.24, 2.45) is 0 Å². The number of hydrogen-bond donors (Lipinski definition) is 1. The minimum atomic E-state index is -3.78. The van der Waals surface area contributed by atoms with Crippen LogP contribution in [-0.4, -0.2) is 62.3 Å². The van der Waals surface area contributed by atoms with E-state index in [4.69, 9.17) is 9.47 Å². The van der Waals surface area contributed by atoms with Crippen LogP contribution in [0, 0.1) is 0 Å². The lowest BCUT2D eigenvalue weighted by Crippen LogP contribution is -2.34. The summed E-state index contributed by atoms with van der Waals surface area (Å²) < 4.78 is 38.9. The number of sulfonamides is 1. The fraction of sp³-hybridized carbons (Fsp3) is 0.400. The Bertz CT molecular complexity index is 881. The van der Waals surface area contributed by atoms with E-state index in [1.807, 2.05) is 62.3 Å². The molecule has 1 N–H and O–H groups in total. The molecule has 0 bridgehead atoms. The highest BCUT2D eigenvalue weighted by Crippen LogP contribution is 2.28. The maximum atomic E-state index is 12.9. The standard InChI is InChI=1S/C20H29N3O4S/c1-22(2)16-9-7-15(8-10-16)18(23(3)4)14-21-28(24,25)20-13-17(26-5)11-12-19(20)27-6/h7-13,18,21H,14H2,1-6H3/t18-/m1/s1. The second kappa shape index (κ2) is 9.27. The van der Waals surface area contributed by atoms with E-state index in [2.05, 4.69) is 4.72 Å². The molecule has 2 aromatic carbocycles. The largest absolute Gasteiger partial charge is 0.497 e. The monoisotopic (exact) mass is 407 g/mol. The van der Waals surface area contributed by atoms with E-state index in [-0.39, 0.29) is 23.2 Å². The Morgan fingerprint density at radius 1 is 0.964 bits per heavy atom. The number of methoxy groups -OCH3 is 2. The van der Waals surface area contributed by atoms with E-state index >= 15 is 0 Å². The molecular formula is C20H29N3O4S. The third-order valence-electron chi connectivity index (χ3n) is 4.54. The van der Waals surface area contributed by atoms with Crippen molar-refractivity contribution in [2.45, 2.75) is 10.9 Å². The molecule has 154 valence electrons. The van der Waals surface area contributed by atoms with Crippen molar-refractivity contribution in [1.29, 1.82) is 0 Å². The molecule has 7 nitrogen and oxygen atoms in total. The summed E-state index contributed by atoms with van der Waals surface area (Å²) in [5.74, 6) is 0.717. The second-order valence-electron chi connectivity index (χ2n) is 6.83. The summed E-state index contributed by atoms with van der Waals surface area (Å²) in [6.07, 6.45) is 0. The Labute approximate surface area is 167 Å². The van der Waals surface area contributed by atoms with Crippen molar-refractivity contribution in [1.82, 2.24) is 9.62 Å². The first kappa shape index (κ1) is 22.0. The first-order valence-electron chi connectivity index (χ1n) is 8.85. The van der Waals surface area contributed by atoms with Crippen molar-refractivity contribution in [3.63, 3.8) is 0 Å². The predicted octanol–water partition coefficient (Wildman–Crippen LogP) is 2.35. The average Bonchev–Trinajstić information content (AvgIpc) is 2.67. The highest BCUT2D eigenvalue weighted by Gasteiger charge is 2.23. The van der Waals surface area contributed by atoms with Crippen LogP contribution < -0.4 is 19.1 Å².